The van der Waals surface area contributed by atoms with E-state index in [1.807, 2.05) is 6.92 Å². The van der Waals surface area contributed by atoms with Gasteiger partial charge >= 0.3 is 0 Å². The smallest absolute Gasteiger partial charge is 0.157 e. The van der Waals surface area contributed by atoms with Crippen molar-refractivity contribution in [2.45, 2.75) is 31.3 Å². The Morgan fingerprint density at radius 3 is 2.53 bits per heavy atom. The monoisotopic (exact) mass is 257 g/mol. The Labute approximate surface area is 103 Å². The molecule has 0 saturated heterocycles. The summed E-state index contributed by atoms with van der Waals surface area (Å²) in [4.78, 5) is 0. The average Bonchev–Trinajstić information content (AvgIpc) is 2.27. The minimum Gasteiger partial charge on any atom is -0.495 e. The molecule has 17 heavy (non-hydrogen) atoms. The molecule has 0 saturated carbocycles. The minimum atomic E-state index is -3.10. The van der Waals surface area contributed by atoms with Gasteiger partial charge in [-0.3, -0.25) is 0 Å². The van der Waals surface area contributed by atoms with E-state index in [2.05, 4.69) is 0 Å². The van der Waals surface area contributed by atoms with Gasteiger partial charge in [0.1, 0.15) is 5.75 Å². The second-order valence-electron chi connectivity index (χ2n) is 4.10. The molecule has 0 fully saturated rings. The summed E-state index contributed by atoms with van der Waals surface area (Å²) >= 11 is 0. The fourth-order valence-electron chi connectivity index (χ4n) is 1.50. The van der Waals surface area contributed by atoms with Gasteiger partial charge in [0, 0.05) is 0 Å². The number of hydrogen-bond donors (Lipinski definition) is 1. The zero-order chi connectivity index (χ0) is 13.1. The summed E-state index contributed by atoms with van der Waals surface area (Å²) in [5.74, 6) is 0.589. The van der Waals surface area contributed by atoms with Crippen LogP contribution in [0.2, 0.25) is 0 Å². The van der Waals surface area contributed by atoms with Crippen molar-refractivity contribution in [2.75, 3.05) is 12.8 Å². The molecule has 96 valence electrons. The molecule has 0 amide bonds. The third-order valence-corrected chi connectivity index (χ3v) is 5.15. The Morgan fingerprint density at radius 2 is 2.06 bits per heavy atom. The van der Waals surface area contributed by atoms with E-state index < -0.39 is 9.84 Å². The molecule has 1 aromatic rings. The van der Waals surface area contributed by atoms with Gasteiger partial charge in [0.15, 0.2) is 9.84 Å². The highest BCUT2D eigenvalue weighted by atomic mass is 32.2. The molecule has 0 aliphatic heterocycles. The zero-order valence-corrected chi connectivity index (χ0v) is 11.3. The highest BCUT2D eigenvalue weighted by Crippen LogP contribution is 2.23. The lowest BCUT2D eigenvalue weighted by Gasteiger charge is -2.11. The van der Waals surface area contributed by atoms with Crippen molar-refractivity contribution < 1.29 is 13.2 Å². The molecule has 0 heterocycles. The predicted octanol–water partition coefficient (Wildman–Crippen LogP) is 1.99. The topological polar surface area (TPSA) is 69.4 Å². The number of anilines is 1. The van der Waals surface area contributed by atoms with E-state index in [4.69, 9.17) is 10.5 Å². The molecular weight excluding hydrogens is 238 g/mol. The number of nitrogen functional groups attached to an aromatic ring is 1. The van der Waals surface area contributed by atoms with Crippen LogP contribution in [0.3, 0.4) is 0 Å². The molecule has 0 radical (unpaired) electrons. The van der Waals surface area contributed by atoms with E-state index in [1.54, 1.807) is 25.1 Å². The molecule has 0 spiro atoms. The van der Waals surface area contributed by atoms with Crippen LogP contribution in [0.25, 0.3) is 0 Å². The minimum absolute atomic E-state index is 0.0240. The number of nitrogens with two attached hydrogens (primary N) is 1. The van der Waals surface area contributed by atoms with E-state index in [0.717, 1.165) is 0 Å². The van der Waals surface area contributed by atoms with Crippen LogP contribution in [0.15, 0.2) is 18.2 Å². The summed E-state index contributed by atoms with van der Waals surface area (Å²) in [6.07, 6.45) is 0.619. The van der Waals surface area contributed by atoms with Gasteiger partial charge in [-0.25, -0.2) is 8.42 Å². The second kappa shape index (κ2) is 5.40. The first-order valence-corrected chi connectivity index (χ1v) is 7.26. The van der Waals surface area contributed by atoms with Gasteiger partial charge in [-0.1, -0.05) is 13.0 Å². The summed E-state index contributed by atoms with van der Waals surface area (Å²) < 4.78 is 28.9. The average molecular weight is 257 g/mol. The normalized spacial score (nSPS) is 13.4. The van der Waals surface area contributed by atoms with Crippen LogP contribution in [-0.4, -0.2) is 20.8 Å². The summed E-state index contributed by atoms with van der Waals surface area (Å²) in [6.45, 7) is 3.59. The molecule has 0 aliphatic carbocycles. The largest absolute Gasteiger partial charge is 0.495 e. The summed E-state index contributed by atoms with van der Waals surface area (Å²) in [6, 6.07) is 5.07. The summed E-state index contributed by atoms with van der Waals surface area (Å²) in [5.41, 5.74) is 6.90. The SMILES string of the molecule is CCC(C)S(=O)(=O)Cc1ccc(OC)c(N)c1. The number of rotatable bonds is 5. The zero-order valence-electron chi connectivity index (χ0n) is 10.4. The first-order chi connectivity index (χ1) is 7.90. The van der Waals surface area contributed by atoms with Gasteiger partial charge in [0.25, 0.3) is 0 Å². The second-order valence-corrected chi connectivity index (χ2v) is 6.52. The molecule has 1 atom stereocenters. The summed E-state index contributed by atoms with van der Waals surface area (Å²) in [5, 5.41) is -0.328. The highest BCUT2D eigenvalue weighted by Gasteiger charge is 2.19. The maximum Gasteiger partial charge on any atom is 0.157 e. The fraction of sp³-hybridized carbons (Fsp3) is 0.500. The van der Waals surface area contributed by atoms with E-state index in [9.17, 15) is 8.42 Å². The first-order valence-electron chi connectivity index (χ1n) is 5.54. The molecule has 1 rings (SSSR count). The maximum absolute atomic E-state index is 11.9. The number of hydrogen-bond acceptors (Lipinski definition) is 4. The van der Waals surface area contributed by atoms with Crippen molar-refractivity contribution >= 4 is 15.5 Å². The lowest BCUT2D eigenvalue weighted by molar-refractivity contribution is 0.417. The van der Waals surface area contributed by atoms with E-state index in [-0.39, 0.29) is 11.0 Å². The van der Waals surface area contributed by atoms with Gasteiger partial charge in [-0.05, 0) is 31.0 Å². The Bertz CT molecular complexity index is 483. The Kier molecular flexibility index (Phi) is 4.40. The number of methoxy groups -OCH3 is 1. The van der Waals surface area contributed by atoms with Gasteiger partial charge in [0.05, 0.1) is 23.8 Å². The van der Waals surface area contributed by atoms with Crippen molar-refractivity contribution in [3.05, 3.63) is 23.8 Å². The molecule has 0 bridgehead atoms. The van der Waals surface area contributed by atoms with Crippen LogP contribution in [0.4, 0.5) is 5.69 Å². The molecule has 4 nitrogen and oxygen atoms in total. The molecule has 2 N–H and O–H groups in total. The molecule has 5 heteroatoms. The van der Waals surface area contributed by atoms with Crippen molar-refractivity contribution in [3.8, 4) is 5.75 Å². The van der Waals surface area contributed by atoms with Gasteiger partial charge in [-0.15, -0.1) is 0 Å². The van der Waals surface area contributed by atoms with Crippen molar-refractivity contribution in [1.29, 1.82) is 0 Å². The summed E-state index contributed by atoms with van der Waals surface area (Å²) in [7, 11) is -1.57. The van der Waals surface area contributed by atoms with Gasteiger partial charge in [0.2, 0.25) is 0 Å². The fourth-order valence-corrected chi connectivity index (χ4v) is 2.94. The van der Waals surface area contributed by atoms with Crippen LogP contribution < -0.4 is 10.5 Å². The third kappa shape index (κ3) is 3.36. The van der Waals surface area contributed by atoms with Crippen molar-refractivity contribution in [2.24, 2.45) is 0 Å². The quantitative estimate of drug-likeness (QED) is 0.819. The van der Waals surface area contributed by atoms with Crippen LogP contribution >= 0.6 is 0 Å². The van der Waals surface area contributed by atoms with E-state index in [1.165, 1.54) is 7.11 Å². The predicted molar refractivity (Wildman–Crippen MR) is 69.8 cm³/mol. The van der Waals surface area contributed by atoms with Gasteiger partial charge < -0.3 is 10.5 Å². The molecular formula is C12H19NO3S. The Morgan fingerprint density at radius 1 is 1.41 bits per heavy atom. The maximum atomic E-state index is 11.9. The standard InChI is InChI=1S/C12H19NO3S/c1-4-9(2)17(14,15)8-10-5-6-12(16-3)11(13)7-10/h5-7,9H,4,8,13H2,1-3H3. The number of ether oxygens (including phenoxy) is 1. The molecule has 0 aromatic heterocycles. The number of benzene rings is 1. The van der Waals surface area contributed by atoms with Crippen molar-refractivity contribution in [1.82, 2.24) is 0 Å². The lowest BCUT2D eigenvalue weighted by atomic mass is 10.2. The lowest BCUT2D eigenvalue weighted by Crippen LogP contribution is -2.18. The number of sulfone groups is 1. The highest BCUT2D eigenvalue weighted by molar-refractivity contribution is 7.91. The van der Waals surface area contributed by atoms with Crippen LogP contribution in [-0.2, 0) is 15.6 Å². The first kappa shape index (κ1) is 13.8. The molecule has 1 unspecified atom stereocenters. The van der Waals surface area contributed by atoms with E-state index >= 15 is 0 Å². The van der Waals surface area contributed by atoms with Crippen LogP contribution in [0.5, 0.6) is 5.75 Å². The van der Waals surface area contributed by atoms with Crippen molar-refractivity contribution in [3.63, 3.8) is 0 Å². The molecule has 1 aromatic carbocycles. The van der Waals surface area contributed by atoms with E-state index in [0.29, 0.717) is 23.4 Å². The Balaban J connectivity index is 2.93. The van der Waals surface area contributed by atoms with Crippen LogP contribution in [0, 0.1) is 0 Å². The Hall–Kier alpha value is -1.23. The van der Waals surface area contributed by atoms with Crippen LogP contribution in [0.1, 0.15) is 25.8 Å². The third-order valence-electron chi connectivity index (χ3n) is 2.85. The van der Waals surface area contributed by atoms with Gasteiger partial charge in [-0.2, -0.15) is 0 Å². The molecule has 0 aliphatic rings.